The van der Waals surface area contributed by atoms with Crippen LogP contribution < -0.4 is 0 Å². The van der Waals surface area contributed by atoms with Gasteiger partial charge in [0.05, 0.1) is 25.9 Å². The molecule has 1 aliphatic heterocycles. The SMILES string of the molecule is OCCOCCN1CCC(C(O)c2ccccc2)CC1. The summed E-state index contributed by atoms with van der Waals surface area (Å²) in [5, 5.41) is 19.0. The fraction of sp³-hybridized carbons (Fsp3) is 0.625. The number of benzene rings is 1. The smallest absolute Gasteiger partial charge is 0.0819 e. The fourth-order valence-electron chi connectivity index (χ4n) is 2.77. The molecule has 1 fully saturated rings. The quantitative estimate of drug-likeness (QED) is 0.742. The van der Waals surface area contributed by atoms with Crippen LogP contribution in [0, 0.1) is 5.92 Å². The van der Waals surface area contributed by atoms with E-state index in [0.717, 1.165) is 38.0 Å². The van der Waals surface area contributed by atoms with E-state index in [-0.39, 0.29) is 12.7 Å². The molecule has 2 rings (SSSR count). The highest BCUT2D eigenvalue weighted by atomic mass is 16.5. The van der Waals surface area contributed by atoms with Crippen LogP contribution in [0.5, 0.6) is 0 Å². The summed E-state index contributed by atoms with van der Waals surface area (Å²) in [5.74, 6) is 0.354. The summed E-state index contributed by atoms with van der Waals surface area (Å²) in [5.41, 5.74) is 1.03. The van der Waals surface area contributed by atoms with E-state index >= 15 is 0 Å². The molecule has 112 valence electrons. The van der Waals surface area contributed by atoms with Crippen LogP contribution >= 0.6 is 0 Å². The van der Waals surface area contributed by atoms with E-state index < -0.39 is 0 Å². The van der Waals surface area contributed by atoms with E-state index in [0.29, 0.717) is 19.1 Å². The summed E-state index contributed by atoms with van der Waals surface area (Å²) in [4.78, 5) is 2.37. The molecule has 0 spiro atoms. The van der Waals surface area contributed by atoms with Gasteiger partial charge < -0.3 is 19.8 Å². The van der Waals surface area contributed by atoms with Crippen LogP contribution in [0.3, 0.4) is 0 Å². The van der Waals surface area contributed by atoms with Gasteiger partial charge in [-0.1, -0.05) is 30.3 Å². The number of likely N-dealkylation sites (tertiary alicyclic amines) is 1. The average molecular weight is 279 g/mol. The van der Waals surface area contributed by atoms with Crippen molar-refractivity contribution in [3.05, 3.63) is 35.9 Å². The lowest BCUT2D eigenvalue weighted by Gasteiger charge is -2.34. The number of hydrogen-bond donors (Lipinski definition) is 2. The minimum atomic E-state index is -0.344. The zero-order valence-electron chi connectivity index (χ0n) is 11.9. The molecule has 20 heavy (non-hydrogen) atoms. The van der Waals surface area contributed by atoms with Gasteiger partial charge in [-0.05, 0) is 37.4 Å². The predicted octanol–water partition coefficient (Wildman–Crippen LogP) is 1.44. The van der Waals surface area contributed by atoms with Gasteiger partial charge in [-0.25, -0.2) is 0 Å². The lowest BCUT2D eigenvalue weighted by atomic mass is 9.87. The zero-order valence-corrected chi connectivity index (χ0v) is 11.9. The normalized spacial score (nSPS) is 19.1. The molecule has 0 aromatic heterocycles. The van der Waals surface area contributed by atoms with Crippen LogP contribution in [0.4, 0.5) is 0 Å². The van der Waals surface area contributed by atoms with Gasteiger partial charge in [0.2, 0.25) is 0 Å². The summed E-state index contributed by atoms with van der Waals surface area (Å²) in [6, 6.07) is 9.93. The molecular formula is C16H25NO3. The Bertz CT molecular complexity index is 363. The van der Waals surface area contributed by atoms with Gasteiger partial charge in [0.15, 0.2) is 0 Å². The average Bonchev–Trinajstić information content (AvgIpc) is 2.52. The molecule has 1 atom stereocenters. The molecule has 1 saturated heterocycles. The van der Waals surface area contributed by atoms with E-state index in [9.17, 15) is 5.11 Å². The molecule has 0 aliphatic carbocycles. The largest absolute Gasteiger partial charge is 0.394 e. The summed E-state index contributed by atoms with van der Waals surface area (Å²) in [7, 11) is 0. The van der Waals surface area contributed by atoms with Crippen LogP contribution in [0.25, 0.3) is 0 Å². The fourth-order valence-corrected chi connectivity index (χ4v) is 2.77. The zero-order chi connectivity index (χ0) is 14.2. The number of rotatable bonds is 7. The van der Waals surface area contributed by atoms with E-state index in [2.05, 4.69) is 4.90 Å². The summed E-state index contributed by atoms with van der Waals surface area (Å²) in [6.07, 6.45) is 1.70. The van der Waals surface area contributed by atoms with Gasteiger partial charge in [-0.15, -0.1) is 0 Å². The van der Waals surface area contributed by atoms with E-state index in [1.165, 1.54) is 0 Å². The van der Waals surface area contributed by atoms with Crippen LogP contribution in [0.15, 0.2) is 30.3 Å². The number of aliphatic hydroxyl groups is 2. The molecule has 1 aromatic carbocycles. The Morgan fingerprint density at radius 1 is 1.15 bits per heavy atom. The highest BCUT2D eigenvalue weighted by Crippen LogP contribution is 2.30. The molecule has 0 saturated carbocycles. The van der Waals surface area contributed by atoms with Gasteiger partial charge in [0.25, 0.3) is 0 Å². The highest BCUT2D eigenvalue weighted by Gasteiger charge is 2.25. The van der Waals surface area contributed by atoms with Crippen molar-refractivity contribution < 1.29 is 14.9 Å². The third kappa shape index (κ3) is 4.56. The van der Waals surface area contributed by atoms with Gasteiger partial charge in [-0.3, -0.25) is 0 Å². The molecule has 1 heterocycles. The molecular weight excluding hydrogens is 254 g/mol. The molecule has 4 nitrogen and oxygen atoms in total. The van der Waals surface area contributed by atoms with Crippen molar-refractivity contribution in [2.24, 2.45) is 5.92 Å². The Morgan fingerprint density at radius 2 is 1.85 bits per heavy atom. The Hall–Kier alpha value is -0.940. The van der Waals surface area contributed by atoms with Gasteiger partial charge in [0, 0.05) is 6.54 Å². The van der Waals surface area contributed by atoms with E-state index in [4.69, 9.17) is 9.84 Å². The topological polar surface area (TPSA) is 52.9 Å². The van der Waals surface area contributed by atoms with Crippen molar-refractivity contribution in [1.82, 2.24) is 4.90 Å². The first-order valence-electron chi connectivity index (χ1n) is 7.45. The predicted molar refractivity (Wildman–Crippen MR) is 78.5 cm³/mol. The molecule has 1 unspecified atom stereocenters. The van der Waals surface area contributed by atoms with Crippen molar-refractivity contribution in [1.29, 1.82) is 0 Å². The Labute approximate surface area is 121 Å². The van der Waals surface area contributed by atoms with Crippen LogP contribution in [-0.4, -0.2) is 54.6 Å². The van der Waals surface area contributed by atoms with Crippen molar-refractivity contribution in [2.75, 3.05) is 39.5 Å². The van der Waals surface area contributed by atoms with Crippen molar-refractivity contribution in [3.63, 3.8) is 0 Å². The second kappa shape index (κ2) is 8.37. The maximum Gasteiger partial charge on any atom is 0.0819 e. The molecule has 0 radical (unpaired) electrons. The monoisotopic (exact) mass is 279 g/mol. The van der Waals surface area contributed by atoms with Crippen molar-refractivity contribution in [3.8, 4) is 0 Å². The molecule has 4 heteroatoms. The third-order valence-electron chi connectivity index (χ3n) is 4.01. The Morgan fingerprint density at radius 3 is 2.50 bits per heavy atom. The van der Waals surface area contributed by atoms with Gasteiger partial charge in [-0.2, -0.15) is 0 Å². The number of aliphatic hydroxyl groups excluding tert-OH is 2. The minimum absolute atomic E-state index is 0.0886. The number of ether oxygens (including phenoxy) is 1. The lowest BCUT2D eigenvalue weighted by Crippen LogP contribution is -2.37. The number of hydrogen-bond acceptors (Lipinski definition) is 4. The summed E-state index contributed by atoms with van der Waals surface area (Å²) in [6.45, 7) is 4.11. The number of piperidine rings is 1. The van der Waals surface area contributed by atoms with Gasteiger partial charge >= 0.3 is 0 Å². The second-order valence-electron chi connectivity index (χ2n) is 5.37. The third-order valence-corrected chi connectivity index (χ3v) is 4.01. The van der Waals surface area contributed by atoms with Crippen molar-refractivity contribution in [2.45, 2.75) is 18.9 Å². The standard InChI is InChI=1S/C16H25NO3/c18-11-13-20-12-10-17-8-6-15(7-9-17)16(19)14-4-2-1-3-5-14/h1-5,15-16,18-19H,6-13H2. The first-order chi connectivity index (χ1) is 9.81. The summed E-state index contributed by atoms with van der Waals surface area (Å²) < 4.78 is 5.29. The molecule has 2 N–H and O–H groups in total. The molecule has 0 amide bonds. The minimum Gasteiger partial charge on any atom is -0.394 e. The second-order valence-corrected chi connectivity index (χ2v) is 5.37. The van der Waals surface area contributed by atoms with E-state index in [1.54, 1.807) is 0 Å². The van der Waals surface area contributed by atoms with Crippen LogP contribution in [0.1, 0.15) is 24.5 Å². The Kier molecular flexibility index (Phi) is 6.47. The van der Waals surface area contributed by atoms with Crippen molar-refractivity contribution >= 4 is 0 Å². The number of nitrogens with zero attached hydrogens (tertiary/aromatic N) is 1. The van der Waals surface area contributed by atoms with Gasteiger partial charge in [0.1, 0.15) is 0 Å². The van der Waals surface area contributed by atoms with E-state index in [1.807, 2.05) is 30.3 Å². The first-order valence-corrected chi connectivity index (χ1v) is 7.45. The molecule has 0 bridgehead atoms. The molecule has 1 aromatic rings. The molecule has 1 aliphatic rings. The first kappa shape index (κ1) is 15.4. The highest BCUT2D eigenvalue weighted by molar-refractivity contribution is 5.18. The maximum atomic E-state index is 10.4. The Balaban J connectivity index is 1.71. The van der Waals surface area contributed by atoms with Crippen LogP contribution in [0.2, 0.25) is 0 Å². The maximum absolute atomic E-state index is 10.4. The lowest BCUT2D eigenvalue weighted by molar-refractivity contribution is 0.0377. The van der Waals surface area contributed by atoms with Crippen LogP contribution in [-0.2, 0) is 4.74 Å². The summed E-state index contributed by atoms with van der Waals surface area (Å²) >= 11 is 0.